The molecule has 9 heteroatoms. The van der Waals surface area contributed by atoms with E-state index < -0.39 is 0 Å². The quantitative estimate of drug-likeness (QED) is 0.821. The topological polar surface area (TPSA) is 90.3 Å². The fourth-order valence-electron chi connectivity index (χ4n) is 1.25. The third-order valence-electron chi connectivity index (χ3n) is 2.07. The van der Waals surface area contributed by atoms with Gasteiger partial charge in [-0.15, -0.1) is 10.2 Å². The monoisotopic (exact) mass is 358 g/mol. The van der Waals surface area contributed by atoms with Crippen molar-refractivity contribution < 1.29 is 0 Å². The molecule has 0 atom stereocenters. The molecule has 0 aliphatic heterocycles. The first kappa shape index (κ1) is 13.8. The van der Waals surface area contributed by atoms with Crippen LogP contribution in [0.1, 0.15) is 5.82 Å². The van der Waals surface area contributed by atoms with Crippen LogP contribution in [0.15, 0.2) is 22.8 Å². The Morgan fingerprint density at radius 1 is 1.47 bits per heavy atom. The fraction of sp³-hybridized carbons (Fsp3) is 0. The van der Waals surface area contributed by atoms with Crippen LogP contribution in [0.4, 0.5) is 5.69 Å². The zero-order valence-corrected chi connectivity index (χ0v) is 12.3. The molecule has 2 N–H and O–H groups in total. The van der Waals surface area contributed by atoms with Gasteiger partial charge < -0.3 is 5.32 Å². The number of anilines is 1. The number of tetrazole rings is 1. The van der Waals surface area contributed by atoms with Crippen LogP contribution < -0.4 is 5.32 Å². The Morgan fingerprint density at radius 3 is 2.84 bits per heavy atom. The number of nitriles is 1. The Hall–Kier alpha value is -1.62. The molecule has 0 amide bonds. The summed E-state index contributed by atoms with van der Waals surface area (Å²) in [7, 11) is 0. The van der Waals surface area contributed by atoms with Crippen molar-refractivity contribution in [3.63, 3.8) is 0 Å². The van der Waals surface area contributed by atoms with Gasteiger partial charge in [0.15, 0.2) is 0 Å². The van der Waals surface area contributed by atoms with E-state index in [0.717, 1.165) is 0 Å². The first-order valence-corrected chi connectivity index (χ1v) is 6.42. The van der Waals surface area contributed by atoms with Gasteiger partial charge in [0.05, 0.1) is 10.7 Å². The van der Waals surface area contributed by atoms with E-state index in [1.807, 2.05) is 6.07 Å². The molecule has 1 aromatic carbocycles. The summed E-state index contributed by atoms with van der Waals surface area (Å²) >= 11 is 15.2. The molecule has 0 spiro atoms. The van der Waals surface area contributed by atoms with Crippen molar-refractivity contribution >= 4 is 50.4 Å². The number of hydrogen-bond acceptors (Lipinski definition) is 5. The second-order valence-corrected chi connectivity index (χ2v) is 4.99. The van der Waals surface area contributed by atoms with Crippen LogP contribution in [0.3, 0.4) is 0 Å². The lowest BCUT2D eigenvalue weighted by atomic mass is 10.3. The minimum atomic E-state index is 0.191. The maximum absolute atomic E-state index is 9.01. The molecule has 0 fully saturated rings. The van der Waals surface area contributed by atoms with Gasteiger partial charge in [-0.1, -0.05) is 23.2 Å². The molecular formula is C10H5BrCl2N6. The highest BCUT2D eigenvalue weighted by Gasteiger charge is 2.09. The molecule has 19 heavy (non-hydrogen) atoms. The normalized spacial score (nSPS) is 11.2. The number of benzene rings is 1. The van der Waals surface area contributed by atoms with Crippen molar-refractivity contribution in [3.8, 4) is 6.07 Å². The minimum absolute atomic E-state index is 0.191. The fourth-order valence-corrected chi connectivity index (χ4v) is 2.62. The van der Waals surface area contributed by atoms with Gasteiger partial charge in [-0.05, 0) is 33.3 Å². The van der Waals surface area contributed by atoms with Crippen LogP contribution in [0.2, 0.25) is 10.0 Å². The zero-order valence-electron chi connectivity index (χ0n) is 9.15. The number of aromatic amines is 1. The molecule has 0 bridgehead atoms. The van der Waals surface area contributed by atoms with Gasteiger partial charge in [0.1, 0.15) is 11.6 Å². The Morgan fingerprint density at radius 2 is 2.26 bits per heavy atom. The highest BCUT2D eigenvalue weighted by molar-refractivity contribution is 9.10. The van der Waals surface area contributed by atoms with Gasteiger partial charge in [-0.2, -0.15) is 10.5 Å². The van der Waals surface area contributed by atoms with E-state index in [1.165, 1.54) is 6.20 Å². The van der Waals surface area contributed by atoms with Crippen molar-refractivity contribution in [2.75, 3.05) is 5.32 Å². The highest BCUT2D eigenvalue weighted by Crippen LogP contribution is 2.34. The number of allylic oxidation sites excluding steroid dienone is 1. The first-order chi connectivity index (χ1) is 9.11. The van der Waals surface area contributed by atoms with Crippen molar-refractivity contribution in [2.24, 2.45) is 0 Å². The second-order valence-electron chi connectivity index (χ2n) is 3.29. The van der Waals surface area contributed by atoms with Crippen molar-refractivity contribution in [1.29, 1.82) is 5.26 Å². The molecule has 0 saturated carbocycles. The molecule has 96 valence electrons. The molecule has 0 unspecified atom stereocenters. The average Bonchev–Trinajstić information content (AvgIpc) is 2.86. The molecule has 2 aromatic rings. The SMILES string of the molecule is N#CC(=CNc1c(Cl)cc(Cl)cc1Br)c1nn[nH]n1. The van der Waals surface area contributed by atoms with Gasteiger partial charge in [-0.25, -0.2) is 0 Å². The molecule has 0 aliphatic rings. The summed E-state index contributed by atoms with van der Waals surface area (Å²) in [5.74, 6) is 0.191. The van der Waals surface area contributed by atoms with E-state index >= 15 is 0 Å². The third kappa shape index (κ3) is 3.23. The number of rotatable bonds is 3. The summed E-state index contributed by atoms with van der Waals surface area (Å²) in [6.07, 6.45) is 1.44. The number of nitrogens with one attached hydrogen (secondary N) is 2. The third-order valence-corrected chi connectivity index (χ3v) is 3.22. The van der Waals surface area contributed by atoms with E-state index in [0.29, 0.717) is 20.2 Å². The number of H-pyrrole nitrogens is 1. The molecular weight excluding hydrogens is 355 g/mol. The van der Waals surface area contributed by atoms with Crippen LogP contribution in [-0.4, -0.2) is 20.6 Å². The number of aromatic nitrogens is 4. The predicted molar refractivity (Wildman–Crippen MR) is 75.6 cm³/mol. The minimum Gasteiger partial charge on any atom is -0.358 e. The van der Waals surface area contributed by atoms with Gasteiger partial charge in [0.2, 0.25) is 5.82 Å². The number of nitrogens with zero attached hydrogens (tertiary/aromatic N) is 4. The predicted octanol–water partition coefficient (Wildman–Crippen LogP) is 3.25. The van der Waals surface area contributed by atoms with Gasteiger partial charge in [-0.3, -0.25) is 0 Å². The zero-order chi connectivity index (χ0) is 13.8. The summed E-state index contributed by atoms with van der Waals surface area (Å²) in [4.78, 5) is 0. The van der Waals surface area contributed by atoms with Crippen LogP contribution in [0.25, 0.3) is 5.57 Å². The Bertz CT molecular complexity index is 638. The van der Waals surface area contributed by atoms with Crippen LogP contribution >= 0.6 is 39.1 Å². The van der Waals surface area contributed by atoms with Gasteiger partial charge >= 0.3 is 0 Å². The molecule has 1 aromatic heterocycles. The standard InChI is InChI=1S/C10H5BrCl2N6/c11-7-1-6(12)2-8(13)9(7)15-4-5(3-14)10-16-18-19-17-10/h1-2,4,15H,(H,16,17,18,19). The maximum atomic E-state index is 9.01. The summed E-state index contributed by atoms with van der Waals surface area (Å²) in [6, 6.07) is 5.23. The van der Waals surface area contributed by atoms with Crippen molar-refractivity contribution in [2.45, 2.75) is 0 Å². The van der Waals surface area contributed by atoms with E-state index in [9.17, 15) is 0 Å². The Labute approximate surface area is 126 Å². The van der Waals surface area contributed by atoms with Gasteiger partial charge in [0, 0.05) is 15.7 Å². The van der Waals surface area contributed by atoms with E-state index in [-0.39, 0.29) is 11.4 Å². The first-order valence-electron chi connectivity index (χ1n) is 4.87. The molecule has 0 aliphatic carbocycles. The maximum Gasteiger partial charge on any atom is 0.216 e. The molecule has 0 radical (unpaired) electrons. The molecule has 2 rings (SSSR count). The lowest BCUT2D eigenvalue weighted by Gasteiger charge is -2.07. The number of hydrogen-bond donors (Lipinski definition) is 2. The lowest BCUT2D eigenvalue weighted by molar-refractivity contribution is 0.881. The van der Waals surface area contributed by atoms with Crippen LogP contribution in [0, 0.1) is 11.3 Å². The molecule has 6 nitrogen and oxygen atoms in total. The Kier molecular flexibility index (Phi) is 4.37. The largest absolute Gasteiger partial charge is 0.358 e. The summed E-state index contributed by atoms with van der Waals surface area (Å²) in [6.45, 7) is 0. The van der Waals surface area contributed by atoms with Crippen LogP contribution in [-0.2, 0) is 0 Å². The molecule has 0 saturated heterocycles. The number of halogens is 3. The summed E-state index contributed by atoms with van der Waals surface area (Å²) < 4.78 is 0.673. The van der Waals surface area contributed by atoms with Gasteiger partial charge in [0.25, 0.3) is 0 Å². The van der Waals surface area contributed by atoms with E-state index in [1.54, 1.807) is 12.1 Å². The second kappa shape index (κ2) is 6.02. The van der Waals surface area contributed by atoms with Crippen LogP contribution in [0.5, 0.6) is 0 Å². The average molecular weight is 360 g/mol. The van der Waals surface area contributed by atoms with E-state index in [4.69, 9.17) is 28.5 Å². The van der Waals surface area contributed by atoms with E-state index in [2.05, 4.69) is 41.9 Å². The van der Waals surface area contributed by atoms with Crippen molar-refractivity contribution in [1.82, 2.24) is 20.6 Å². The summed E-state index contributed by atoms with van der Waals surface area (Å²) in [5.41, 5.74) is 0.800. The smallest absolute Gasteiger partial charge is 0.216 e. The summed E-state index contributed by atoms with van der Waals surface area (Å²) in [5, 5.41) is 25.9. The Balaban J connectivity index is 2.30. The van der Waals surface area contributed by atoms with Crippen molar-refractivity contribution in [3.05, 3.63) is 38.7 Å². The molecule has 1 heterocycles. The lowest BCUT2D eigenvalue weighted by Crippen LogP contribution is -1.94. The highest BCUT2D eigenvalue weighted by atomic mass is 79.9.